The summed E-state index contributed by atoms with van der Waals surface area (Å²) in [4.78, 5) is 17.0. The molecule has 0 bridgehead atoms. The molecule has 0 unspecified atom stereocenters. The van der Waals surface area contributed by atoms with Gasteiger partial charge in [-0.15, -0.1) is 11.3 Å². The molecule has 0 saturated heterocycles. The van der Waals surface area contributed by atoms with Gasteiger partial charge in [0.2, 0.25) is 0 Å². The summed E-state index contributed by atoms with van der Waals surface area (Å²) in [7, 11) is 0. The van der Waals surface area contributed by atoms with E-state index in [0.29, 0.717) is 10.7 Å². The number of nitrogens with one attached hydrogen (secondary N) is 1. The van der Waals surface area contributed by atoms with Gasteiger partial charge in [0.05, 0.1) is 5.69 Å². The monoisotopic (exact) mass is 344 g/mol. The lowest BCUT2D eigenvalue weighted by Crippen LogP contribution is -2.11. The quantitative estimate of drug-likeness (QED) is 0.531. The highest BCUT2D eigenvalue weighted by atomic mass is 32.1. The van der Waals surface area contributed by atoms with Gasteiger partial charge >= 0.3 is 0 Å². The number of benzene rings is 3. The van der Waals surface area contributed by atoms with E-state index in [0.717, 1.165) is 22.2 Å². The molecule has 3 nitrogen and oxygen atoms in total. The highest BCUT2D eigenvalue weighted by Crippen LogP contribution is 2.31. The van der Waals surface area contributed by atoms with E-state index in [-0.39, 0.29) is 5.91 Å². The van der Waals surface area contributed by atoms with Gasteiger partial charge in [-0.1, -0.05) is 60.2 Å². The Morgan fingerprint density at radius 2 is 1.80 bits per heavy atom. The molecule has 1 amide bonds. The van der Waals surface area contributed by atoms with Crippen LogP contribution in [0.15, 0.2) is 72.1 Å². The summed E-state index contributed by atoms with van der Waals surface area (Å²) in [5.74, 6) is -0.137. The zero-order chi connectivity index (χ0) is 17.2. The first-order valence-electron chi connectivity index (χ1n) is 8.02. The van der Waals surface area contributed by atoms with Gasteiger partial charge in [0.15, 0.2) is 5.13 Å². The van der Waals surface area contributed by atoms with Crippen molar-refractivity contribution in [3.05, 3.63) is 83.2 Å². The van der Waals surface area contributed by atoms with Crippen molar-refractivity contribution in [2.45, 2.75) is 6.92 Å². The summed E-state index contributed by atoms with van der Waals surface area (Å²) in [5.41, 5.74) is 3.65. The average molecular weight is 344 g/mol. The molecule has 1 N–H and O–H groups in total. The second-order valence-electron chi connectivity index (χ2n) is 5.89. The average Bonchev–Trinajstić information content (AvgIpc) is 3.09. The van der Waals surface area contributed by atoms with Crippen LogP contribution in [0.2, 0.25) is 0 Å². The molecule has 122 valence electrons. The minimum atomic E-state index is -0.137. The molecule has 0 atom stereocenters. The topological polar surface area (TPSA) is 42.0 Å². The number of carbonyl (C=O) groups excluding carboxylic acids is 1. The number of hydrogen-bond donors (Lipinski definition) is 1. The Morgan fingerprint density at radius 3 is 2.68 bits per heavy atom. The van der Waals surface area contributed by atoms with Crippen molar-refractivity contribution in [2.24, 2.45) is 0 Å². The summed E-state index contributed by atoms with van der Waals surface area (Å²) < 4.78 is 0. The van der Waals surface area contributed by atoms with Crippen LogP contribution in [0.1, 0.15) is 15.9 Å². The summed E-state index contributed by atoms with van der Waals surface area (Å²) in [6, 6.07) is 21.9. The standard InChI is InChI=1S/C21H16N2OS/c1-14-6-4-9-16(12-14)20(24)23-21-22-19(13-25-21)18-11-5-8-15-7-2-3-10-17(15)18/h2-13H,1H3,(H,22,23,24). The van der Waals surface area contributed by atoms with Crippen molar-refractivity contribution in [2.75, 3.05) is 5.32 Å². The Kier molecular flexibility index (Phi) is 4.04. The van der Waals surface area contributed by atoms with E-state index in [1.807, 2.05) is 54.8 Å². The number of rotatable bonds is 3. The summed E-state index contributed by atoms with van der Waals surface area (Å²) in [6.45, 7) is 1.97. The number of carbonyl (C=O) groups is 1. The normalized spacial score (nSPS) is 10.8. The van der Waals surface area contributed by atoms with Crippen LogP contribution in [0, 0.1) is 6.92 Å². The SMILES string of the molecule is Cc1cccc(C(=O)Nc2nc(-c3cccc4ccccc34)cs2)c1. The number of aryl methyl sites for hydroxylation is 1. The first kappa shape index (κ1) is 15.5. The maximum atomic E-state index is 12.4. The molecule has 1 heterocycles. The van der Waals surface area contributed by atoms with Crippen LogP contribution < -0.4 is 5.32 Å². The first-order chi connectivity index (χ1) is 12.2. The van der Waals surface area contributed by atoms with E-state index in [4.69, 9.17) is 0 Å². The lowest BCUT2D eigenvalue weighted by atomic mass is 10.0. The van der Waals surface area contributed by atoms with Crippen molar-refractivity contribution < 1.29 is 4.79 Å². The Morgan fingerprint density at radius 1 is 1.00 bits per heavy atom. The van der Waals surface area contributed by atoms with E-state index >= 15 is 0 Å². The van der Waals surface area contributed by atoms with Gasteiger partial charge in [-0.2, -0.15) is 0 Å². The van der Waals surface area contributed by atoms with Crippen LogP contribution in [0.3, 0.4) is 0 Å². The largest absolute Gasteiger partial charge is 0.298 e. The smallest absolute Gasteiger partial charge is 0.257 e. The molecule has 0 radical (unpaired) electrons. The summed E-state index contributed by atoms with van der Waals surface area (Å²) >= 11 is 1.44. The van der Waals surface area contributed by atoms with Crippen molar-refractivity contribution in [1.82, 2.24) is 4.98 Å². The van der Waals surface area contributed by atoms with E-state index < -0.39 is 0 Å². The van der Waals surface area contributed by atoms with Gasteiger partial charge in [0, 0.05) is 16.5 Å². The molecule has 0 saturated carbocycles. The molecule has 4 aromatic rings. The Bertz CT molecular complexity index is 1060. The number of anilines is 1. The molecule has 0 aliphatic rings. The molecule has 3 aromatic carbocycles. The van der Waals surface area contributed by atoms with E-state index in [9.17, 15) is 4.79 Å². The molecular formula is C21H16N2OS. The Balaban J connectivity index is 1.63. The number of thiazole rings is 1. The van der Waals surface area contributed by atoms with E-state index in [2.05, 4.69) is 34.6 Å². The van der Waals surface area contributed by atoms with Crippen molar-refractivity contribution >= 4 is 33.1 Å². The molecule has 4 heteroatoms. The molecule has 4 rings (SSSR count). The zero-order valence-corrected chi connectivity index (χ0v) is 14.5. The van der Waals surface area contributed by atoms with Gasteiger partial charge < -0.3 is 0 Å². The highest BCUT2D eigenvalue weighted by molar-refractivity contribution is 7.14. The fourth-order valence-corrected chi connectivity index (χ4v) is 3.56. The predicted molar refractivity (Wildman–Crippen MR) is 104 cm³/mol. The molecule has 0 spiro atoms. The summed E-state index contributed by atoms with van der Waals surface area (Å²) in [5, 5.41) is 7.82. The third kappa shape index (κ3) is 3.16. The molecular weight excluding hydrogens is 328 g/mol. The molecule has 0 aliphatic heterocycles. The van der Waals surface area contributed by atoms with Crippen LogP contribution in [-0.4, -0.2) is 10.9 Å². The van der Waals surface area contributed by atoms with Crippen LogP contribution >= 0.6 is 11.3 Å². The van der Waals surface area contributed by atoms with Gasteiger partial charge in [-0.05, 0) is 29.8 Å². The number of fused-ring (bicyclic) bond motifs is 1. The minimum absolute atomic E-state index is 0.137. The fraction of sp³-hybridized carbons (Fsp3) is 0.0476. The Labute approximate surface area is 150 Å². The minimum Gasteiger partial charge on any atom is -0.298 e. The van der Waals surface area contributed by atoms with Crippen LogP contribution in [0.4, 0.5) is 5.13 Å². The van der Waals surface area contributed by atoms with Gasteiger partial charge in [0.25, 0.3) is 5.91 Å². The van der Waals surface area contributed by atoms with Crippen LogP contribution in [0.25, 0.3) is 22.0 Å². The van der Waals surface area contributed by atoms with Gasteiger partial charge in [-0.25, -0.2) is 4.98 Å². The lowest BCUT2D eigenvalue weighted by Gasteiger charge is -2.04. The highest BCUT2D eigenvalue weighted by Gasteiger charge is 2.11. The maximum Gasteiger partial charge on any atom is 0.257 e. The number of hydrogen-bond acceptors (Lipinski definition) is 3. The predicted octanol–water partition coefficient (Wildman–Crippen LogP) is 5.52. The summed E-state index contributed by atoms with van der Waals surface area (Å²) in [6.07, 6.45) is 0. The third-order valence-corrected chi connectivity index (χ3v) is 4.83. The van der Waals surface area contributed by atoms with Gasteiger partial charge in [0.1, 0.15) is 0 Å². The first-order valence-corrected chi connectivity index (χ1v) is 8.90. The Hall–Kier alpha value is -2.98. The zero-order valence-electron chi connectivity index (χ0n) is 13.7. The molecule has 25 heavy (non-hydrogen) atoms. The second-order valence-corrected chi connectivity index (χ2v) is 6.75. The van der Waals surface area contributed by atoms with Crippen molar-refractivity contribution in [3.8, 4) is 11.3 Å². The lowest BCUT2D eigenvalue weighted by molar-refractivity contribution is 0.102. The molecule has 1 aromatic heterocycles. The van der Waals surface area contributed by atoms with Crippen LogP contribution in [0.5, 0.6) is 0 Å². The maximum absolute atomic E-state index is 12.4. The van der Waals surface area contributed by atoms with Crippen LogP contribution in [-0.2, 0) is 0 Å². The van der Waals surface area contributed by atoms with E-state index in [1.54, 1.807) is 0 Å². The number of aromatic nitrogens is 1. The van der Waals surface area contributed by atoms with Gasteiger partial charge in [-0.3, -0.25) is 10.1 Å². The number of nitrogens with zero attached hydrogens (tertiary/aromatic N) is 1. The molecule has 0 aliphatic carbocycles. The fourth-order valence-electron chi connectivity index (χ4n) is 2.86. The second kappa shape index (κ2) is 6.49. The third-order valence-electron chi connectivity index (χ3n) is 4.07. The van der Waals surface area contributed by atoms with Crippen molar-refractivity contribution in [3.63, 3.8) is 0 Å². The van der Waals surface area contributed by atoms with E-state index in [1.165, 1.54) is 16.7 Å². The van der Waals surface area contributed by atoms with Crippen molar-refractivity contribution in [1.29, 1.82) is 0 Å². The molecule has 0 fully saturated rings. The number of amides is 1.